The average Bonchev–Trinajstić information content (AvgIpc) is 3.15. The molecule has 1 fully saturated rings. The maximum Gasteiger partial charge on any atom is 0.278 e. The van der Waals surface area contributed by atoms with Gasteiger partial charge in [-0.15, -0.1) is 36.2 Å². The molecule has 1 aromatic carbocycles. The Labute approximate surface area is 186 Å². The van der Waals surface area contributed by atoms with Crippen molar-refractivity contribution < 1.29 is 9.72 Å². The topological polar surface area (TPSA) is 92.7 Å². The minimum atomic E-state index is -0.340. The number of piperazine rings is 1. The van der Waals surface area contributed by atoms with E-state index in [1.54, 1.807) is 23.5 Å². The van der Waals surface area contributed by atoms with Gasteiger partial charge in [-0.1, -0.05) is 19.1 Å². The molecule has 1 aliphatic rings. The van der Waals surface area contributed by atoms with Gasteiger partial charge in [0.05, 0.1) is 10.5 Å². The van der Waals surface area contributed by atoms with Gasteiger partial charge in [-0.05, 0) is 18.2 Å². The van der Waals surface area contributed by atoms with Crippen molar-refractivity contribution in [3.8, 4) is 10.4 Å². The van der Waals surface area contributed by atoms with E-state index in [1.165, 1.54) is 10.9 Å². The van der Waals surface area contributed by atoms with Crippen molar-refractivity contribution in [2.24, 2.45) is 11.7 Å². The van der Waals surface area contributed by atoms with Gasteiger partial charge >= 0.3 is 0 Å². The summed E-state index contributed by atoms with van der Waals surface area (Å²) in [5, 5.41) is 11.2. The van der Waals surface area contributed by atoms with Gasteiger partial charge < -0.3 is 10.6 Å². The third kappa shape index (κ3) is 6.13. The van der Waals surface area contributed by atoms with Crippen LogP contribution in [0.3, 0.4) is 0 Å². The van der Waals surface area contributed by atoms with Crippen LogP contribution in [0.25, 0.3) is 10.4 Å². The first-order valence-corrected chi connectivity index (χ1v) is 9.85. The molecule has 1 aromatic heterocycles. The standard InChI is InChI=1S/C19H24N4O3S.2ClH/c1-14(12-20)19(24)22-10-8-21(9-11-22)13-15-6-7-18(27-15)16-4-2-3-5-17(16)23(25)26;;/h2-7,14H,8-13,20H2,1H3;2*1H. The molecule has 1 atom stereocenters. The molecule has 1 amide bonds. The highest BCUT2D eigenvalue weighted by Gasteiger charge is 2.24. The molecule has 2 aromatic rings. The number of nitro groups is 1. The first-order valence-electron chi connectivity index (χ1n) is 9.03. The number of hydrogen-bond donors (Lipinski definition) is 1. The number of benzene rings is 1. The summed E-state index contributed by atoms with van der Waals surface area (Å²) in [6, 6.07) is 10.8. The van der Waals surface area contributed by atoms with E-state index in [0.717, 1.165) is 24.5 Å². The summed E-state index contributed by atoms with van der Waals surface area (Å²) in [4.78, 5) is 29.4. The molecule has 1 unspecified atom stereocenters. The summed E-state index contributed by atoms with van der Waals surface area (Å²) in [6.45, 7) is 6.10. The lowest BCUT2D eigenvalue weighted by Gasteiger charge is -2.35. The van der Waals surface area contributed by atoms with Gasteiger partial charge in [0.1, 0.15) is 0 Å². The maximum atomic E-state index is 12.2. The molecular formula is C19H26Cl2N4O3S. The molecule has 0 bridgehead atoms. The van der Waals surface area contributed by atoms with Gasteiger partial charge in [0.25, 0.3) is 5.69 Å². The lowest BCUT2D eigenvalue weighted by Crippen LogP contribution is -2.50. The first-order chi connectivity index (χ1) is 13.0. The lowest BCUT2D eigenvalue weighted by atomic mass is 10.1. The highest BCUT2D eigenvalue weighted by atomic mass is 35.5. The van der Waals surface area contributed by atoms with Crippen LogP contribution in [-0.2, 0) is 11.3 Å². The van der Waals surface area contributed by atoms with Crippen LogP contribution in [-0.4, -0.2) is 53.4 Å². The van der Waals surface area contributed by atoms with E-state index < -0.39 is 0 Å². The lowest BCUT2D eigenvalue weighted by molar-refractivity contribution is -0.384. The van der Waals surface area contributed by atoms with Crippen LogP contribution in [0, 0.1) is 16.0 Å². The summed E-state index contributed by atoms with van der Waals surface area (Å²) in [5.74, 6) is 0.00464. The second kappa shape index (κ2) is 11.5. The van der Waals surface area contributed by atoms with E-state index in [4.69, 9.17) is 5.73 Å². The van der Waals surface area contributed by atoms with E-state index >= 15 is 0 Å². The fourth-order valence-corrected chi connectivity index (χ4v) is 4.29. The Bertz CT molecular complexity index is 825. The summed E-state index contributed by atoms with van der Waals surface area (Å²) < 4.78 is 0. The zero-order valence-electron chi connectivity index (χ0n) is 16.2. The van der Waals surface area contributed by atoms with Crippen molar-refractivity contribution in [1.29, 1.82) is 0 Å². The van der Waals surface area contributed by atoms with E-state index in [-0.39, 0.29) is 47.2 Å². The van der Waals surface area contributed by atoms with E-state index in [0.29, 0.717) is 25.2 Å². The molecule has 7 nitrogen and oxygen atoms in total. The van der Waals surface area contributed by atoms with Crippen LogP contribution in [0.1, 0.15) is 11.8 Å². The number of thiophene rings is 1. The van der Waals surface area contributed by atoms with Crippen LogP contribution >= 0.6 is 36.2 Å². The number of hydrogen-bond acceptors (Lipinski definition) is 6. The van der Waals surface area contributed by atoms with Gasteiger partial charge in [0.15, 0.2) is 0 Å². The highest BCUT2D eigenvalue weighted by molar-refractivity contribution is 7.15. The minimum absolute atomic E-state index is 0. The SMILES string of the molecule is CC(CN)C(=O)N1CCN(Cc2ccc(-c3ccccc3[N+](=O)[O-])s2)CC1.Cl.Cl. The van der Waals surface area contributed by atoms with E-state index in [2.05, 4.69) is 4.90 Å². The number of nitrogens with two attached hydrogens (primary N) is 1. The largest absolute Gasteiger partial charge is 0.340 e. The number of para-hydroxylation sites is 1. The Balaban J connectivity index is 0.00000210. The Morgan fingerprint density at radius 1 is 1.17 bits per heavy atom. The van der Waals surface area contributed by atoms with Gasteiger partial charge in [-0.3, -0.25) is 19.8 Å². The molecule has 29 heavy (non-hydrogen) atoms. The molecule has 1 aliphatic heterocycles. The summed E-state index contributed by atoms with van der Waals surface area (Å²) >= 11 is 1.58. The second-order valence-electron chi connectivity index (χ2n) is 6.78. The zero-order valence-corrected chi connectivity index (χ0v) is 18.6. The monoisotopic (exact) mass is 460 g/mol. The van der Waals surface area contributed by atoms with Crippen molar-refractivity contribution >= 4 is 47.7 Å². The van der Waals surface area contributed by atoms with Crippen LogP contribution in [0.15, 0.2) is 36.4 Å². The summed E-state index contributed by atoms with van der Waals surface area (Å²) in [7, 11) is 0. The summed E-state index contributed by atoms with van der Waals surface area (Å²) in [6.07, 6.45) is 0. The van der Waals surface area contributed by atoms with Crippen LogP contribution in [0.4, 0.5) is 5.69 Å². The van der Waals surface area contributed by atoms with Crippen molar-refractivity contribution in [2.75, 3.05) is 32.7 Å². The number of nitro benzene ring substituents is 1. The Hall–Kier alpha value is -1.71. The fraction of sp³-hybridized carbons (Fsp3) is 0.421. The fourth-order valence-electron chi connectivity index (χ4n) is 3.21. The molecule has 2 N–H and O–H groups in total. The Kier molecular flexibility index (Phi) is 10.0. The number of nitrogens with zero attached hydrogens (tertiary/aromatic N) is 3. The number of carbonyl (C=O) groups is 1. The van der Waals surface area contributed by atoms with Gasteiger partial charge in [0.2, 0.25) is 5.91 Å². The average molecular weight is 461 g/mol. The van der Waals surface area contributed by atoms with Crippen LogP contribution < -0.4 is 5.73 Å². The number of amides is 1. The molecule has 0 radical (unpaired) electrons. The zero-order chi connectivity index (χ0) is 19.4. The van der Waals surface area contributed by atoms with Crippen molar-refractivity contribution in [3.63, 3.8) is 0 Å². The molecule has 0 saturated carbocycles. The quantitative estimate of drug-likeness (QED) is 0.526. The predicted octanol–water partition coefficient (Wildman–Crippen LogP) is 3.41. The van der Waals surface area contributed by atoms with Crippen LogP contribution in [0.2, 0.25) is 0 Å². The smallest absolute Gasteiger partial charge is 0.278 e. The minimum Gasteiger partial charge on any atom is -0.340 e. The normalized spacial score (nSPS) is 15.2. The van der Waals surface area contributed by atoms with E-state index in [1.807, 2.05) is 30.0 Å². The number of carbonyl (C=O) groups excluding carboxylic acids is 1. The van der Waals surface area contributed by atoms with Gasteiger partial charge in [-0.25, -0.2) is 0 Å². The van der Waals surface area contributed by atoms with E-state index in [9.17, 15) is 14.9 Å². The summed E-state index contributed by atoms with van der Waals surface area (Å²) in [5.41, 5.74) is 6.38. The maximum absolute atomic E-state index is 12.2. The predicted molar refractivity (Wildman–Crippen MR) is 121 cm³/mol. The van der Waals surface area contributed by atoms with Gasteiger partial charge in [-0.2, -0.15) is 0 Å². The highest BCUT2D eigenvalue weighted by Crippen LogP contribution is 2.35. The third-order valence-corrected chi connectivity index (χ3v) is 5.97. The molecule has 0 spiro atoms. The Morgan fingerprint density at radius 3 is 2.45 bits per heavy atom. The first kappa shape index (κ1) is 25.3. The molecule has 1 saturated heterocycles. The van der Waals surface area contributed by atoms with Crippen molar-refractivity contribution in [3.05, 3.63) is 51.4 Å². The second-order valence-corrected chi connectivity index (χ2v) is 7.95. The molecule has 0 aliphatic carbocycles. The van der Waals surface area contributed by atoms with Crippen molar-refractivity contribution in [2.45, 2.75) is 13.5 Å². The molecule has 2 heterocycles. The molecule has 10 heteroatoms. The molecule has 3 rings (SSSR count). The molecular weight excluding hydrogens is 435 g/mol. The molecule has 160 valence electrons. The number of halogens is 2. The van der Waals surface area contributed by atoms with Gasteiger partial charge in [0, 0.05) is 61.0 Å². The number of rotatable bonds is 6. The third-order valence-electron chi connectivity index (χ3n) is 4.87. The Morgan fingerprint density at radius 2 is 1.83 bits per heavy atom. The van der Waals surface area contributed by atoms with Crippen LogP contribution in [0.5, 0.6) is 0 Å². The van der Waals surface area contributed by atoms with Crippen molar-refractivity contribution in [1.82, 2.24) is 9.80 Å².